The zero-order chi connectivity index (χ0) is 9.72. The molecule has 0 amide bonds. The molecule has 0 aromatic rings. The maximum Gasteiger partial charge on any atom is 0.0180 e. The first-order chi connectivity index (χ1) is 5.54. The second kappa shape index (κ2) is 5.15. The van der Waals surface area contributed by atoms with E-state index in [1.807, 2.05) is 0 Å². The van der Waals surface area contributed by atoms with Crippen LogP contribution in [0.25, 0.3) is 0 Å². The van der Waals surface area contributed by atoms with Crippen LogP contribution in [-0.2, 0) is 0 Å². The molecule has 0 bridgehead atoms. The van der Waals surface area contributed by atoms with Gasteiger partial charge < -0.3 is 5.73 Å². The molecule has 0 unspecified atom stereocenters. The molecule has 1 heteroatoms. The van der Waals surface area contributed by atoms with E-state index in [0.717, 1.165) is 0 Å². The van der Waals surface area contributed by atoms with Crippen molar-refractivity contribution in [2.45, 2.75) is 34.6 Å². The summed E-state index contributed by atoms with van der Waals surface area (Å²) in [5.74, 6) is 0.573. The molecule has 0 aliphatic rings. The van der Waals surface area contributed by atoms with E-state index in [4.69, 9.17) is 5.73 Å². The Hall–Kier alpha value is -0.560. The Morgan fingerprint density at radius 1 is 1.33 bits per heavy atom. The molecule has 1 nitrogen and oxygen atoms in total. The lowest BCUT2D eigenvalue weighted by atomic mass is 9.92. The van der Waals surface area contributed by atoms with E-state index in [9.17, 15) is 0 Å². The Morgan fingerprint density at radius 3 is 1.92 bits per heavy atom. The van der Waals surface area contributed by atoms with E-state index in [-0.39, 0.29) is 0 Å². The molecule has 0 atom stereocenters. The second-order valence-corrected chi connectivity index (χ2v) is 3.58. The van der Waals surface area contributed by atoms with Crippen LogP contribution in [0.3, 0.4) is 0 Å². The zero-order valence-electron chi connectivity index (χ0n) is 8.94. The Balaban J connectivity index is 4.85. The molecule has 0 heterocycles. The highest BCUT2D eigenvalue weighted by Gasteiger charge is 2.07. The van der Waals surface area contributed by atoms with Crippen LogP contribution in [0, 0.1) is 5.92 Å². The number of hydrogen-bond donors (Lipinski definition) is 1. The largest absolute Gasteiger partial charge is 0.326 e. The summed E-state index contributed by atoms with van der Waals surface area (Å²) in [4.78, 5) is 0. The zero-order valence-corrected chi connectivity index (χ0v) is 8.94. The van der Waals surface area contributed by atoms with Crippen LogP contribution >= 0.6 is 0 Å². The van der Waals surface area contributed by atoms with Gasteiger partial charge >= 0.3 is 0 Å². The Morgan fingerprint density at radius 2 is 1.83 bits per heavy atom. The lowest BCUT2D eigenvalue weighted by Crippen LogP contribution is -2.10. The van der Waals surface area contributed by atoms with Crippen LogP contribution in [0.2, 0.25) is 0 Å². The topological polar surface area (TPSA) is 26.0 Å². The Bertz CT molecular complexity index is 193. The molecule has 0 saturated heterocycles. The average Bonchev–Trinajstić information content (AvgIpc) is 1.98. The minimum Gasteiger partial charge on any atom is -0.326 e. The van der Waals surface area contributed by atoms with Crippen molar-refractivity contribution in [2.75, 3.05) is 6.54 Å². The van der Waals surface area contributed by atoms with Crippen molar-refractivity contribution in [3.8, 4) is 0 Å². The summed E-state index contributed by atoms with van der Waals surface area (Å²) in [6.45, 7) is 11.4. The number of nitrogens with two attached hydrogens (primary N) is 1. The van der Waals surface area contributed by atoms with E-state index in [1.165, 1.54) is 16.7 Å². The summed E-state index contributed by atoms with van der Waals surface area (Å²) in [5.41, 5.74) is 9.72. The standard InChI is InChI=1S/C11H21N/c1-6-10(8(2)3)11(7-12)9(4)5/h6,8H,7,12H2,1-5H3/b10-6-. The molecule has 70 valence electrons. The summed E-state index contributed by atoms with van der Waals surface area (Å²) < 4.78 is 0. The maximum absolute atomic E-state index is 5.69. The predicted molar refractivity (Wildman–Crippen MR) is 56.0 cm³/mol. The van der Waals surface area contributed by atoms with Gasteiger partial charge in [-0.3, -0.25) is 0 Å². The number of hydrogen-bond acceptors (Lipinski definition) is 1. The number of allylic oxidation sites excluding steroid dienone is 2. The predicted octanol–water partition coefficient (Wildman–Crippen LogP) is 2.88. The quantitative estimate of drug-likeness (QED) is 0.643. The summed E-state index contributed by atoms with van der Waals surface area (Å²) in [7, 11) is 0. The minimum atomic E-state index is 0.573. The first-order valence-electron chi connectivity index (χ1n) is 4.57. The molecule has 0 rings (SSSR count). The van der Waals surface area contributed by atoms with E-state index in [0.29, 0.717) is 12.5 Å². The van der Waals surface area contributed by atoms with Crippen molar-refractivity contribution in [1.29, 1.82) is 0 Å². The maximum atomic E-state index is 5.69. The molecule has 12 heavy (non-hydrogen) atoms. The van der Waals surface area contributed by atoms with Gasteiger partial charge in [-0.05, 0) is 37.8 Å². The minimum absolute atomic E-state index is 0.573. The summed E-state index contributed by atoms with van der Waals surface area (Å²) in [5, 5.41) is 0. The van der Waals surface area contributed by atoms with E-state index >= 15 is 0 Å². The van der Waals surface area contributed by atoms with Crippen molar-refractivity contribution in [3.05, 3.63) is 22.8 Å². The lowest BCUT2D eigenvalue weighted by molar-refractivity contribution is 0.765. The van der Waals surface area contributed by atoms with Crippen molar-refractivity contribution >= 4 is 0 Å². The summed E-state index contributed by atoms with van der Waals surface area (Å²) >= 11 is 0. The van der Waals surface area contributed by atoms with Crippen LogP contribution in [0.4, 0.5) is 0 Å². The fourth-order valence-electron chi connectivity index (χ4n) is 1.47. The fraction of sp³-hybridized carbons (Fsp3) is 0.636. The molecule has 0 radical (unpaired) electrons. The van der Waals surface area contributed by atoms with Gasteiger partial charge in [-0.25, -0.2) is 0 Å². The van der Waals surface area contributed by atoms with Crippen LogP contribution in [0.15, 0.2) is 22.8 Å². The van der Waals surface area contributed by atoms with Crippen molar-refractivity contribution in [1.82, 2.24) is 0 Å². The van der Waals surface area contributed by atoms with Crippen LogP contribution < -0.4 is 5.73 Å². The smallest absolute Gasteiger partial charge is 0.0180 e. The van der Waals surface area contributed by atoms with Gasteiger partial charge in [0.05, 0.1) is 0 Å². The first-order valence-corrected chi connectivity index (χ1v) is 4.57. The van der Waals surface area contributed by atoms with E-state index in [2.05, 4.69) is 40.7 Å². The molecule has 0 spiro atoms. The lowest BCUT2D eigenvalue weighted by Gasteiger charge is -2.15. The molecule has 2 N–H and O–H groups in total. The van der Waals surface area contributed by atoms with Gasteiger partial charge in [-0.2, -0.15) is 0 Å². The molecule has 0 fully saturated rings. The molecular weight excluding hydrogens is 146 g/mol. The highest BCUT2D eigenvalue weighted by Crippen LogP contribution is 2.21. The number of rotatable bonds is 3. The third-order valence-electron chi connectivity index (χ3n) is 2.09. The van der Waals surface area contributed by atoms with Crippen molar-refractivity contribution < 1.29 is 0 Å². The molecule has 0 saturated carbocycles. The highest BCUT2D eigenvalue weighted by molar-refractivity contribution is 5.35. The second-order valence-electron chi connectivity index (χ2n) is 3.58. The Kier molecular flexibility index (Phi) is 4.91. The molecular formula is C11H21N. The first kappa shape index (κ1) is 11.4. The molecule has 0 aliphatic carbocycles. The third-order valence-corrected chi connectivity index (χ3v) is 2.09. The van der Waals surface area contributed by atoms with Crippen LogP contribution in [-0.4, -0.2) is 6.54 Å². The van der Waals surface area contributed by atoms with Gasteiger partial charge in [-0.15, -0.1) is 0 Å². The highest BCUT2D eigenvalue weighted by atomic mass is 14.5. The summed E-state index contributed by atoms with van der Waals surface area (Å²) in [6, 6.07) is 0. The van der Waals surface area contributed by atoms with Crippen molar-refractivity contribution in [3.63, 3.8) is 0 Å². The summed E-state index contributed by atoms with van der Waals surface area (Å²) in [6.07, 6.45) is 2.17. The van der Waals surface area contributed by atoms with Gasteiger partial charge in [0, 0.05) is 6.54 Å². The monoisotopic (exact) mass is 167 g/mol. The normalized spacial score (nSPS) is 12.1. The van der Waals surface area contributed by atoms with Crippen molar-refractivity contribution in [2.24, 2.45) is 11.7 Å². The van der Waals surface area contributed by atoms with Crippen LogP contribution in [0.5, 0.6) is 0 Å². The molecule has 0 aromatic carbocycles. The average molecular weight is 167 g/mol. The molecule has 0 aliphatic heterocycles. The van der Waals surface area contributed by atoms with E-state index in [1.54, 1.807) is 0 Å². The molecule has 0 aromatic heterocycles. The van der Waals surface area contributed by atoms with Crippen LogP contribution in [0.1, 0.15) is 34.6 Å². The SMILES string of the molecule is C/C=C(\C(CN)=C(C)C)C(C)C. The third kappa shape index (κ3) is 2.82. The fourth-order valence-corrected chi connectivity index (χ4v) is 1.47. The van der Waals surface area contributed by atoms with Gasteiger partial charge in [0.1, 0.15) is 0 Å². The van der Waals surface area contributed by atoms with Gasteiger partial charge in [0.15, 0.2) is 0 Å². The van der Waals surface area contributed by atoms with E-state index < -0.39 is 0 Å². The van der Waals surface area contributed by atoms with Gasteiger partial charge in [0.2, 0.25) is 0 Å². The Labute approximate surface area is 76.3 Å². The van der Waals surface area contributed by atoms with Gasteiger partial charge in [-0.1, -0.05) is 25.5 Å². The van der Waals surface area contributed by atoms with Gasteiger partial charge in [0.25, 0.3) is 0 Å².